The standard InChI is InChI=1S/C14H15NO4S/c1-8-12(14(16)19-4)20-13(15-8)9-5-6-10(17-2)11(7-9)18-3/h5-7H,1-4H3. The Hall–Kier alpha value is -2.08. The minimum absolute atomic E-state index is 0.369. The molecule has 0 unspecified atom stereocenters. The molecular weight excluding hydrogens is 278 g/mol. The molecule has 20 heavy (non-hydrogen) atoms. The lowest BCUT2D eigenvalue weighted by molar-refractivity contribution is 0.0605. The number of ether oxygens (including phenoxy) is 3. The largest absolute Gasteiger partial charge is 0.493 e. The van der Waals surface area contributed by atoms with Crippen LogP contribution < -0.4 is 9.47 Å². The molecular formula is C14H15NO4S. The topological polar surface area (TPSA) is 57.7 Å². The summed E-state index contributed by atoms with van der Waals surface area (Å²) in [4.78, 5) is 16.5. The molecule has 1 heterocycles. The second-order valence-corrected chi connectivity index (χ2v) is 4.99. The number of hydrogen-bond acceptors (Lipinski definition) is 6. The maximum Gasteiger partial charge on any atom is 0.349 e. The number of benzene rings is 1. The predicted molar refractivity (Wildman–Crippen MR) is 76.7 cm³/mol. The average molecular weight is 293 g/mol. The molecule has 0 saturated carbocycles. The van der Waals surface area contributed by atoms with E-state index in [0.717, 1.165) is 10.6 Å². The van der Waals surface area contributed by atoms with Crippen molar-refractivity contribution in [3.8, 4) is 22.1 Å². The number of carbonyl (C=O) groups is 1. The van der Waals surface area contributed by atoms with Crippen LogP contribution in [-0.4, -0.2) is 32.3 Å². The van der Waals surface area contributed by atoms with Gasteiger partial charge in [-0.05, 0) is 25.1 Å². The van der Waals surface area contributed by atoms with Crippen LogP contribution in [0.2, 0.25) is 0 Å². The first-order valence-electron chi connectivity index (χ1n) is 5.88. The van der Waals surface area contributed by atoms with Gasteiger partial charge in [-0.2, -0.15) is 0 Å². The second kappa shape index (κ2) is 5.92. The lowest BCUT2D eigenvalue weighted by Gasteiger charge is -2.08. The van der Waals surface area contributed by atoms with Crippen LogP contribution >= 0.6 is 11.3 Å². The zero-order chi connectivity index (χ0) is 14.7. The molecule has 0 spiro atoms. The Morgan fingerprint density at radius 2 is 1.85 bits per heavy atom. The van der Waals surface area contributed by atoms with Gasteiger partial charge in [-0.1, -0.05) is 0 Å². The number of rotatable bonds is 4. The molecule has 0 aliphatic heterocycles. The van der Waals surface area contributed by atoms with Crippen LogP contribution in [0.1, 0.15) is 15.4 Å². The molecule has 1 aromatic carbocycles. The van der Waals surface area contributed by atoms with Crippen LogP contribution in [0.25, 0.3) is 10.6 Å². The number of thiazole rings is 1. The monoisotopic (exact) mass is 293 g/mol. The fourth-order valence-corrected chi connectivity index (χ4v) is 2.75. The zero-order valence-electron chi connectivity index (χ0n) is 11.7. The van der Waals surface area contributed by atoms with E-state index < -0.39 is 0 Å². The molecule has 0 fully saturated rings. The summed E-state index contributed by atoms with van der Waals surface area (Å²) in [6.07, 6.45) is 0. The van der Waals surface area contributed by atoms with E-state index in [1.165, 1.54) is 18.4 Å². The molecule has 0 radical (unpaired) electrons. The second-order valence-electron chi connectivity index (χ2n) is 3.99. The van der Waals surface area contributed by atoms with Crippen molar-refractivity contribution in [2.24, 2.45) is 0 Å². The van der Waals surface area contributed by atoms with Gasteiger partial charge < -0.3 is 14.2 Å². The molecule has 2 rings (SSSR count). The third-order valence-corrected chi connectivity index (χ3v) is 3.98. The molecule has 0 atom stereocenters. The summed E-state index contributed by atoms with van der Waals surface area (Å²) in [6, 6.07) is 5.52. The van der Waals surface area contributed by atoms with E-state index in [0.29, 0.717) is 22.1 Å². The summed E-state index contributed by atoms with van der Waals surface area (Å²) in [5.41, 5.74) is 1.53. The molecule has 106 valence electrons. The van der Waals surface area contributed by atoms with E-state index in [-0.39, 0.29) is 5.97 Å². The van der Waals surface area contributed by atoms with Gasteiger partial charge in [0.15, 0.2) is 11.5 Å². The van der Waals surface area contributed by atoms with Crippen LogP contribution in [0, 0.1) is 6.92 Å². The molecule has 0 aliphatic carbocycles. The summed E-state index contributed by atoms with van der Waals surface area (Å²) in [5.74, 6) is 0.905. The predicted octanol–water partition coefficient (Wildman–Crippen LogP) is 2.92. The van der Waals surface area contributed by atoms with Crippen molar-refractivity contribution in [1.82, 2.24) is 4.98 Å². The number of hydrogen-bond donors (Lipinski definition) is 0. The van der Waals surface area contributed by atoms with Crippen molar-refractivity contribution in [1.29, 1.82) is 0 Å². The van der Waals surface area contributed by atoms with E-state index in [9.17, 15) is 4.79 Å². The van der Waals surface area contributed by atoms with Gasteiger partial charge in [-0.15, -0.1) is 11.3 Å². The molecule has 0 saturated heterocycles. The maximum absolute atomic E-state index is 11.6. The highest BCUT2D eigenvalue weighted by molar-refractivity contribution is 7.17. The zero-order valence-corrected chi connectivity index (χ0v) is 12.5. The summed E-state index contributed by atoms with van der Waals surface area (Å²) in [6.45, 7) is 1.78. The third kappa shape index (κ3) is 2.60. The molecule has 6 heteroatoms. The summed E-state index contributed by atoms with van der Waals surface area (Å²) in [7, 11) is 4.52. The Bertz CT molecular complexity index is 636. The van der Waals surface area contributed by atoms with E-state index in [2.05, 4.69) is 4.98 Å². The highest BCUT2D eigenvalue weighted by Crippen LogP contribution is 2.35. The van der Waals surface area contributed by atoms with E-state index >= 15 is 0 Å². The van der Waals surface area contributed by atoms with Crippen molar-refractivity contribution in [3.05, 3.63) is 28.8 Å². The Balaban J connectivity index is 2.44. The molecule has 0 aliphatic rings. The minimum atomic E-state index is -0.369. The van der Waals surface area contributed by atoms with Crippen molar-refractivity contribution >= 4 is 17.3 Å². The Morgan fingerprint density at radius 1 is 1.15 bits per heavy atom. The lowest BCUT2D eigenvalue weighted by Crippen LogP contribution is -1.99. The van der Waals surface area contributed by atoms with Crippen LogP contribution in [0.15, 0.2) is 18.2 Å². The van der Waals surface area contributed by atoms with Crippen molar-refractivity contribution < 1.29 is 19.0 Å². The maximum atomic E-state index is 11.6. The van der Waals surface area contributed by atoms with Crippen LogP contribution in [0.3, 0.4) is 0 Å². The van der Waals surface area contributed by atoms with E-state index in [1.807, 2.05) is 18.2 Å². The normalized spacial score (nSPS) is 10.2. The Labute approximate surface area is 121 Å². The van der Waals surface area contributed by atoms with Gasteiger partial charge in [0.25, 0.3) is 0 Å². The quantitative estimate of drug-likeness (QED) is 0.811. The van der Waals surface area contributed by atoms with Crippen molar-refractivity contribution in [2.45, 2.75) is 6.92 Å². The third-order valence-electron chi connectivity index (χ3n) is 2.80. The number of aryl methyl sites for hydroxylation is 1. The summed E-state index contributed by atoms with van der Waals surface area (Å²) >= 11 is 1.30. The van der Waals surface area contributed by atoms with Gasteiger partial charge >= 0.3 is 5.97 Å². The van der Waals surface area contributed by atoms with E-state index in [4.69, 9.17) is 14.2 Å². The minimum Gasteiger partial charge on any atom is -0.493 e. The first-order chi connectivity index (χ1) is 9.60. The highest BCUT2D eigenvalue weighted by atomic mass is 32.1. The number of carbonyl (C=O) groups excluding carboxylic acids is 1. The number of esters is 1. The van der Waals surface area contributed by atoms with E-state index in [1.54, 1.807) is 21.1 Å². The number of nitrogens with zero attached hydrogens (tertiary/aromatic N) is 1. The van der Waals surface area contributed by atoms with Crippen LogP contribution in [0.5, 0.6) is 11.5 Å². The van der Waals surface area contributed by atoms with Gasteiger partial charge in [-0.3, -0.25) is 0 Å². The molecule has 5 nitrogen and oxygen atoms in total. The van der Waals surface area contributed by atoms with Crippen molar-refractivity contribution in [2.75, 3.05) is 21.3 Å². The van der Waals surface area contributed by atoms with Gasteiger partial charge in [0, 0.05) is 5.56 Å². The number of methoxy groups -OCH3 is 3. The fourth-order valence-electron chi connectivity index (χ4n) is 1.77. The average Bonchev–Trinajstić information content (AvgIpc) is 2.87. The first-order valence-corrected chi connectivity index (χ1v) is 6.70. The number of aromatic nitrogens is 1. The van der Waals surface area contributed by atoms with Crippen molar-refractivity contribution in [3.63, 3.8) is 0 Å². The Kier molecular flexibility index (Phi) is 4.24. The van der Waals surface area contributed by atoms with Gasteiger partial charge in [-0.25, -0.2) is 9.78 Å². The van der Waals surface area contributed by atoms with Crippen LogP contribution in [0.4, 0.5) is 0 Å². The van der Waals surface area contributed by atoms with Gasteiger partial charge in [0.1, 0.15) is 9.88 Å². The fraction of sp³-hybridized carbons (Fsp3) is 0.286. The highest BCUT2D eigenvalue weighted by Gasteiger charge is 2.17. The van der Waals surface area contributed by atoms with Gasteiger partial charge in [0.2, 0.25) is 0 Å². The lowest BCUT2D eigenvalue weighted by atomic mass is 10.2. The van der Waals surface area contributed by atoms with Crippen LogP contribution in [-0.2, 0) is 4.74 Å². The van der Waals surface area contributed by atoms with Gasteiger partial charge in [0.05, 0.1) is 27.0 Å². The summed E-state index contributed by atoms with van der Waals surface area (Å²) < 4.78 is 15.2. The molecule has 2 aromatic rings. The SMILES string of the molecule is COC(=O)c1sc(-c2ccc(OC)c(OC)c2)nc1C. The first kappa shape index (κ1) is 14.3. The Morgan fingerprint density at radius 3 is 2.45 bits per heavy atom. The summed E-state index contributed by atoms with van der Waals surface area (Å²) in [5, 5.41) is 0.740. The smallest absolute Gasteiger partial charge is 0.349 e. The molecule has 1 aromatic heterocycles. The molecule has 0 amide bonds. The molecule has 0 N–H and O–H groups in total. The molecule has 0 bridgehead atoms.